The van der Waals surface area contributed by atoms with Crippen LogP contribution in [-0.2, 0) is 0 Å². The van der Waals surface area contributed by atoms with Crippen molar-refractivity contribution in [2.45, 2.75) is 6.42 Å². The number of H-pyrrole nitrogens is 1. The molecule has 5 nitrogen and oxygen atoms in total. The molecule has 1 aliphatic carbocycles. The quantitative estimate of drug-likeness (QED) is 0.694. The molecule has 1 saturated heterocycles. The van der Waals surface area contributed by atoms with Gasteiger partial charge in [-0.1, -0.05) is 0 Å². The van der Waals surface area contributed by atoms with Crippen molar-refractivity contribution in [3.63, 3.8) is 0 Å². The average Bonchev–Trinajstić information content (AvgIpc) is 2.86. The molecule has 1 N–H and O–H groups in total. The van der Waals surface area contributed by atoms with E-state index >= 15 is 0 Å². The van der Waals surface area contributed by atoms with Crippen LogP contribution >= 0.6 is 0 Å². The zero-order chi connectivity index (χ0) is 10.4. The fraction of sp³-hybridized carbons (Fsp3) is 0.500. The topological polar surface area (TPSA) is 66.1 Å². The maximum atomic E-state index is 11.9. The molecule has 2 heterocycles. The van der Waals surface area contributed by atoms with Crippen LogP contribution in [0.25, 0.3) is 0 Å². The van der Waals surface area contributed by atoms with E-state index in [2.05, 4.69) is 10.2 Å². The minimum absolute atomic E-state index is 0.0709. The van der Waals surface area contributed by atoms with Crippen molar-refractivity contribution in [1.82, 2.24) is 15.1 Å². The van der Waals surface area contributed by atoms with E-state index in [0.29, 0.717) is 5.69 Å². The van der Waals surface area contributed by atoms with Gasteiger partial charge in [-0.05, 0) is 24.3 Å². The summed E-state index contributed by atoms with van der Waals surface area (Å²) < 4.78 is 0. The summed E-state index contributed by atoms with van der Waals surface area (Å²) in [7, 11) is 0. The molecule has 1 aromatic rings. The second-order valence-electron chi connectivity index (χ2n) is 4.27. The van der Waals surface area contributed by atoms with Crippen molar-refractivity contribution in [2.24, 2.45) is 11.8 Å². The lowest BCUT2D eigenvalue weighted by molar-refractivity contribution is 0.0768. The number of rotatable bonds is 1. The van der Waals surface area contributed by atoms with E-state index in [0.717, 1.165) is 24.9 Å². The molecule has 78 valence electrons. The number of aromatic nitrogens is 2. The summed E-state index contributed by atoms with van der Waals surface area (Å²) in [5, 5.41) is 6.01. The standard InChI is InChI=1S/C10H11N3O2/c14-9-2-1-8(11-12-9)10(15)13-4-6-3-7(6)5-13/h1-2,6-7H,3-5H2,(H,12,14). The number of nitrogens with one attached hydrogen (secondary N) is 1. The molecule has 2 fully saturated rings. The molecular formula is C10H11N3O2. The van der Waals surface area contributed by atoms with Crippen LogP contribution in [0, 0.1) is 11.8 Å². The number of carbonyl (C=O) groups excluding carboxylic acids is 1. The van der Waals surface area contributed by atoms with Gasteiger partial charge in [-0.15, -0.1) is 0 Å². The van der Waals surface area contributed by atoms with Gasteiger partial charge >= 0.3 is 0 Å². The van der Waals surface area contributed by atoms with E-state index in [1.165, 1.54) is 18.6 Å². The van der Waals surface area contributed by atoms with Gasteiger partial charge in [0.2, 0.25) is 0 Å². The number of aromatic amines is 1. The predicted octanol–water partition coefficient (Wildman–Crippen LogP) is -0.138. The highest BCUT2D eigenvalue weighted by atomic mass is 16.2. The summed E-state index contributed by atoms with van der Waals surface area (Å²) in [5.41, 5.74) is 0.0479. The Hall–Kier alpha value is -1.65. The Bertz CT molecular complexity index is 437. The predicted molar refractivity (Wildman–Crippen MR) is 52.4 cm³/mol. The first-order chi connectivity index (χ1) is 7.24. The number of amides is 1. The van der Waals surface area contributed by atoms with Crippen LogP contribution in [0.15, 0.2) is 16.9 Å². The summed E-state index contributed by atoms with van der Waals surface area (Å²) in [6.07, 6.45) is 1.27. The highest BCUT2D eigenvalue weighted by Crippen LogP contribution is 2.45. The molecule has 3 rings (SSSR count). The van der Waals surface area contributed by atoms with Crippen LogP contribution < -0.4 is 5.56 Å². The minimum atomic E-state index is -0.282. The number of fused-ring (bicyclic) bond motifs is 1. The van der Waals surface area contributed by atoms with Crippen LogP contribution in [0.1, 0.15) is 16.9 Å². The van der Waals surface area contributed by atoms with Crippen molar-refractivity contribution >= 4 is 5.91 Å². The Morgan fingerprint density at radius 3 is 2.73 bits per heavy atom. The van der Waals surface area contributed by atoms with Gasteiger partial charge in [0.1, 0.15) is 5.69 Å². The van der Waals surface area contributed by atoms with E-state index < -0.39 is 0 Å². The number of nitrogens with zero attached hydrogens (tertiary/aromatic N) is 2. The maximum absolute atomic E-state index is 11.9. The van der Waals surface area contributed by atoms with Crippen LogP contribution in [-0.4, -0.2) is 34.1 Å². The van der Waals surface area contributed by atoms with Gasteiger partial charge in [0, 0.05) is 19.2 Å². The van der Waals surface area contributed by atoms with Gasteiger partial charge in [-0.3, -0.25) is 9.59 Å². The van der Waals surface area contributed by atoms with Crippen molar-refractivity contribution in [1.29, 1.82) is 0 Å². The molecule has 0 bridgehead atoms. The Labute approximate surface area is 86.1 Å². The maximum Gasteiger partial charge on any atom is 0.274 e. The molecule has 0 aromatic carbocycles. The molecule has 2 aliphatic rings. The lowest BCUT2D eigenvalue weighted by Crippen LogP contribution is -2.31. The Balaban J connectivity index is 1.79. The second kappa shape index (κ2) is 2.92. The van der Waals surface area contributed by atoms with Gasteiger partial charge < -0.3 is 4.90 Å². The molecule has 1 saturated carbocycles. The van der Waals surface area contributed by atoms with E-state index in [9.17, 15) is 9.59 Å². The fourth-order valence-corrected chi connectivity index (χ4v) is 2.19. The van der Waals surface area contributed by atoms with Gasteiger partial charge in [0.15, 0.2) is 0 Å². The molecule has 0 spiro atoms. The number of likely N-dealkylation sites (tertiary alicyclic amines) is 1. The molecule has 1 aliphatic heterocycles. The van der Waals surface area contributed by atoms with Crippen LogP contribution in [0.5, 0.6) is 0 Å². The molecule has 1 amide bonds. The molecule has 2 atom stereocenters. The Morgan fingerprint density at radius 2 is 2.13 bits per heavy atom. The fourth-order valence-electron chi connectivity index (χ4n) is 2.19. The van der Waals surface area contributed by atoms with Crippen molar-refractivity contribution < 1.29 is 4.79 Å². The summed E-state index contributed by atoms with van der Waals surface area (Å²) in [6, 6.07) is 2.81. The highest BCUT2D eigenvalue weighted by Gasteiger charge is 2.46. The third-order valence-corrected chi connectivity index (χ3v) is 3.16. The zero-order valence-corrected chi connectivity index (χ0v) is 8.14. The number of piperidine rings is 1. The van der Waals surface area contributed by atoms with Crippen molar-refractivity contribution in [2.75, 3.05) is 13.1 Å². The third kappa shape index (κ3) is 1.44. The van der Waals surface area contributed by atoms with Crippen molar-refractivity contribution in [3.8, 4) is 0 Å². The first-order valence-electron chi connectivity index (χ1n) is 5.09. The lowest BCUT2D eigenvalue weighted by Gasteiger charge is -2.16. The van der Waals surface area contributed by atoms with Crippen LogP contribution in [0.2, 0.25) is 0 Å². The molecular weight excluding hydrogens is 194 g/mol. The van der Waals surface area contributed by atoms with E-state index in [4.69, 9.17) is 0 Å². The SMILES string of the molecule is O=C(c1ccc(=O)[nH]n1)N1CC2CC2C1. The summed E-state index contributed by atoms with van der Waals surface area (Å²) in [5.74, 6) is 1.37. The molecule has 2 unspecified atom stereocenters. The van der Waals surface area contributed by atoms with Crippen LogP contribution in [0.3, 0.4) is 0 Å². The van der Waals surface area contributed by atoms with Gasteiger partial charge in [0.25, 0.3) is 11.5 Å². The van der Waals surface area contributed by atoms with Gasteiger partial charge in [-0.25, -0.2) is 5.10 Å². The second-order valence-corrected chi connectivity index (χ2v) is 4.27. The first kappa shape index (κ1) is 8.64. The molecule has 15 heavy (non-hydrogen) atoms. The highest BCUT2D eigenvalue weighted by molar-refractivity contribution is 5.92. The van der Waals surface area contributed by atoms with Crippen molar-refractivity contribution in [3.05, 3.63) is 28.2 Å². The number of carbonyl (C=O) groups is 1. The third-order valence-electron chi connectivity index (χ3n) is 3.16. The van der Waals surface area contributed by atoms with E-state index in [1.54, 1.807) is 0 Å². The van der Waals surface area contributed by atoms with Crippen LogP contribution in [0.4, 0.5) is 0 Å². The first-order valence-corrected chi connectivity index (χ1v) is 5.09. The molecule has 5 heteroatoms. The number of hydrogen-bond acceptors (Lipinski definition) is 3. The average molecular weight is 205 g/mol. The molecule has 1 aromatic heterocycles. The smallest absolute Gasteiger partial charge is 0.274 e. The van der Waals surface area contributed by atoms with Gasteiger partial charge in [-0.2, -0.15) is 5.10 Å². The lowest BCUT2D eigenvalue weighted by atomic mass is 10.3. The largest absolute Gasteiger partial charge is 0.337 e. The van der Waals surface area contributed by atoms with E-state index in [-0.39, 0.29) is 11.5 Å². The summed E-state index contributed by atoms with van der Waals surface area (Å²) >= 11 is 0. The normalized spacial score (nSPS) is 27.6. The molecule has 0 radical (unpaired) electrons. The van der Waals surface area contributed by atoms with Gasteiger partial charge in [0.05, 0.1) is 0 Å². The monoisotopic (exact) mass is 205 g/mol. The van der Waals surface area contributed by atoms with E-state index in [1.807, 2.05) is 4.90 Å². The Kier molecular flexibility index (Phi) is 1.68. The summed E-state index contributed by atoms with van der Waals surface area (Å²) in [6.45, 7) is 1.70. The minimum Gasteiger partial charge on any atom is -0.337 e. The summed E-state index contributed by atoms with van der Waals surface area (Å²) in [4.78, 5) is 24.5. The Morgan fingerprint density at radius 1 is 1.40 bits per heavy atom. The zero-order valence-electron chi connectivity index (χ0n) is 8.14. The number of hydrogen-bond donors (Lipinski definition) is 1.